The molecule has 7 heteroatoms. The molecule has 1 aromatic carbocycles. The summed E-state index contributed by atoms with van der Waals surface area (Å²) in [5.74, 6) is 0.202. The van der Waals surface area contributed by atoms with Crippen LogP contribution in [-0.4, -0.2) is 38.9 Å². The molecule has 2 N–H and O–H groups in total. The zero-order valence-corrected chi connectivity index (χ0v) is 14.0. The lowest BCUT2D eigenvalue weighted by Gasteiger charge is -2.13. The zero-order valence-electron chi connectivity index (χ0n) is 14.0. The topological polar surface area (TPSA) is 92.4 Å². The predicted octanol–water partition coefficient (Wildman–Crippen LogP) is 1.90. The Morgan fingerprint density at radius 2 is 2.00 bits per heavy atom. The van der Waals surface area contributed by atoms with Crippen molar-refractivity contribution in [1.82, 2.24) is 0 Å². The molecule has 0 bridgehead atoms. The lowest BCUT2D eigenvalue weighted by atomic mass is 9.98. The fraction of sp³-hybridized carbons (Fsp3) is 0.500. The molecular weight excluding hydrogens is 300 g/mol. The Bertz CT molecular complexity index is 538. The van der Waals surface area contributed by atoms with Gasteiger partial charge in [-0.1, -0.05) is 17.3 Å². The second-order valence-electron chi connectivity index (χ2n) is 5.80. The second-order valence-corrected chi connectivity index (χ2v) is 5.80. The van der Waals surface area contributed by atoms with Gasteiger partial charge in [-0.15, -0.1) is 0 Å². The molecule has 1 rings (SSSR count). The minimum Gasteiger partial charge on any atom is -0.468 e. The first kappa shape index (κ1) is 18.9. The molecule has 0 spiro atoms. The summed E-state index contributed by atoms with van der Waals surface area (Å²) in [6, 6.07) is 6.94. The monoisotopic (exact) mass is 324 g/mol. The van der Waals surface area contributed by atoms with Gasteiger partial charge in [-0.2, -0.15) is 0 Å². The first-order valence-corrected chi connectivity index (χ1v) is 7.19. The summed E-state index contributed by atoms with van der Waals surface area (Å²) in [6.45, 7) is 6.25. The Labute approximate surface area is 136 Å². The van der Waals surface area contributed by atoms with Crippen molar-refractivity contribution in [2.45, 2.75) is 20.8 Å². The summed E-state index contributed by atoms with van der Waals surface area (Å²) < 4.78 is 15.5. The van der Waals surface area contributed by atoms with Crippen molar-refractivity contribution in [2.24, 2.45) is 16.3 Å². The van der Waals surface area contributed by atoms with E-state index in [0.717, 1.165) is 0 Å². The lowest BCUT2D eigenvalue weighted by Crippen LogP contribution is -2.23. The molecule has 0 aromatic heterocycles. The summed E-state index contributed by atoms with van der Waals surface area (Å²) in [5.41, 5.74) is 5.76. The quantitative estimate of drug-likeness (QED) is 0.196. The smallest absolute Gasteiger partial charge is 0.340 e. The molecule has 1 aromatic rings. The van der Waals surface area contributed by atoms with Crippen LogP contribution in [0, 0.1) is 5.41 Å². The fourth-order valence-corrected chi connectivity index (χ4v) is 1.34. The summed E-state index contributed by atoms with van der Waals surface area (Å²) in [5, 5.41) is 3.66. The van der Waals surface area contributed by atoms with Crippen LogP contribution in [0.3, 0.4) is 0 Å². The van der Waals surface area contributed by atoms with Crippen molar-refractivity contribution < 1.29 is 23.8 Å². The zero-order chi connectivity index (χ0) is 17.3. The number of hydrogen-bond donors (Lipinski definition) is 1. The van der Waals surface area contributed by atoms with Gasteiger partial charge in [0.15, 0.2) is 12.6 Å². The van der Waals surface area contributed by atoms with E-state index in [1.807, 2.05) is 0 Å². The predicted molar refractivity (Wildman–Crippen MR) is 86.0 cm³/mol. The third-order valence-electron chi connectivity index (χ3n) is 2.71. The summed E-state index contributed by atoms with van der Waals surface area (Å²) in [4.78, 5) is 16.5. The molecule has 0 heterocycles. The number of hydrogen-bond acceptors (Lipinski definition) is 6. The number of oxime groups is 1. The number of methoxy groups -OCH3 is 1. The number of nitrogens with zero attached hydrogens (tertiary/aromatic N) is 1. The number of benzene rings is 1. The van der Waals surface area contributed by atoms with Crippen molar-refractivity contribution in [3.63, 3.8) is 0 Å². The van der Waals surface area contributed by atoms with E-state index in [4.69, 9.17) is 24.8 Å². The average Bonchev–Trinajstić information content (AvgIpc) is 2.51. The van der Waals surface area contributed by atoms with Gasteiger partial charge in [-0.3, -0.25) is 0 Å². The highest BCUT2D eigenvalue weighted by Crippen LogP contribution is 2.16. The number of amidine groups is 1. The Morgan fingerprint density at radius 3 is 2.65 bits per heavy atom. The normalized spacial score (nSPS) is 12.1. The van der Waals surface area contributed by atoms with Gasteiger partial charge in [-0.05, 0) is 32.9 Å². The van der Waals surface area contributed by atoms with Crippen LogP contribution in [0.15, 0.2) is 29.4 Å². The summed E-state index contributed by atoms with van der Waals surface area (Å²) in [6.07, 6.45) is 0. The van der Waals surface area contributed by atoms with Crippen LogP contribution in [0.1, 0.15) is 26.3 Å². The van der Waals surface area contributed by atoms with E-state index in [1.54, 1.807) is 52.1 Å². The Morgan fingerprint density at radius 1 is 1.26 bits per heavy atom. The first-order chi connectivity index (χ1) is 10.8. The van der Waals surface area contributed by atoms with Gasteiger partial charge in [0.1, 0.15) is 5.75 Å². The van der Waals surface area contributed by atoms with Crippen molar-refractivity contribution in [3.8, 4) is 5.75 Å². The maximum atomic E-state index is 11.7. The molecule has 0 saturated heterocycles. The summed E-state index contributed by atoms with van der Waals surface area (Å²) in [7, 11) is 1.60. The minimum absolute atomic E-state index is 0.0911. The maximum Gasteiger partial charge on any atom is 0.340 e. The molecule has 0 saturated carbocycles. The Hall–Kier alpha value is -2.12. The van der Waals surface area contributed by atoms with Crippen LogP contribution < -0.4 is 10.5 Å². The van der Waals surface area contributed by atoms with Crippen LogP contribution in [0.2, 0.25) is 0 Å². The maximum absolute atomic E-state index is 11.7. The SMILES string of the molecule is COCCOCOc1cccc(/C(N)=N/OC(=O)C(C)(C)C)c1. The van der Waals surface area contributed by atoms with Crippen LogP contribution >= 0.6 is 0 Å². The van der Waals surface area contributed by atoms with Crippen molar-refractivity contribution in [2.75, 3.05) is 27.1 Å². The van der Waals surface area contributed by atoms with Gasteiger partial charge in [0.05, 0.1) is 18.6 Å². The van der Waals surface area contributed by atoms with Crippen LogP contribution in [0.4, 0.5) is 0 Å². The summed E-state index contributed by atoms with van der Waals surface area (Å²) >= 11 is 0. The van der Waals surface area contributed by atoms with E-state index in [2.05, 4.69) is 5.16 Å². The molecule has 0 aliphatic heterocycles. The average molecular weight is 324 g/mol. The molecule has 0 aliphatic rings. The van der Waals surface area contributed by atoms with Crippen LogP contribution in [0.5, 0.6) is 5.75 Å². The number of carbonyl (C=O) groups excluding carboxylic acids is 1. The van der Waals surface area contributed by atoms with Crippen LogP contribution in [0.25, 0.3) is 0 Å². The van der Waals surface area contributed by atoms with Crippen molar-refractivity contribution >= 4 is 11.8 Å². The molecule has 0 fully saturated rings. The third kappa shape index (κ3) is 7.12. The number of carbonyl (C=O) groups is 1. The standard InChI is InChI=1S/C16H24N2O5/c1-16(2,3)15(19)23-18-14(17)12-6-5-7-13(10-12)22-11-21-9-8-20-4/h5-7,10H,8-9,11H2,1-4H3,(H2,17,18). The van der Waals surface area contributed by atoms with Gasteiger partial charge in [0.2, 0.25) is 0 Å². The van der Waals surface area contributed by atoms with E-state index >= 15 is 0 Å². The molecule has 0 unspecified atom stereocenters. The molecule has 23 heavy (non-hydrogen) atoms. The van der Waals surface area contributed by atoms with Crippen LogP contribution in [-0.2, 0) is 19.1 Å². The first-order valence-electron chi connectivity index (χ1n) is 7.19. The van der Waals surface area contributed by atoms with E-state index in [0.29, 0.717) is 24.5 Å². The van der Waals surface area contributed by atoms with Crippen molar-refractivity contribution in [3.05, 3.63) is 29.8 Å². The number of rotatable bonds is 8. The second kappa shape index (κ2) is 9.12. The van der Waals surface area contributed by atoms with Crippen molar-refractivity contribution in [1.29, 1.82) is 0 Å². The minimum atomic E-state index is -0.645. The molecule has 0 radical (unpaired) electrons. The highest BCUT2D eigenvalue weighted by atomic mass is 16.7. The van der Waals surface area contributed by atoms with E-state index < -0.39 is 11.4 Å². The highest BCUT2D eigenvalue weighted by Gasteiger charge is 2.23. The molecule has 7 nitrogen and oxygen atoms in total. The lowest BCUT2D eigenvalue weighted by molar-refractivity contribution is -0.152. The number of nitrogens with two attached hydrogens (primary N) is 1. The molecule has 0 atom stereocenters. The molecule has 0 amide bonds. The molecule has 128 valence electrons. The molecule has 0 aliphatic carbocycles. The highest BCUT2D eigenvalue weighted by molar-refractivity contribution is 5.97. The van der Waals surface area contributed by atoms with Gasteiger partial charge in [0.25, 0.3) is 0 Å². The largest absolute Gasteiger partial charge is 0.468 e. The Kier molecular flexibility index (Phi) is 7.50. The van der Waals surface area contributed by atoms with Gasteiger partial charge in [0, 0.05) is 12.7 Å². The number of ether oxygens (including phenoxy) is 3. The van der Waals surface area contributed by atoms with E-state index in [9.17, 15) is 4.79 Å². The Balaban J connectivity index is 2.59. The molecular formula is C16H24N2O5. The van der Waals surface area contributed by atoms with Gasteiger partial charge >= 0.3 is 5.97 Å². The van der Waals surface area contributed by atoms with Gasteiger partial charge < -0.3 is 24.8 Å². The van der Waals surface area contributed by atoms with E-state index in [-0.39, 0.29) is 12.6 Å². The fourth-order valence-electron chi connectivity index (χ4n) is 1.34. The van der Waals surface area contributed by atoms with Gasteiger partial charge in [-0.25, -0.2) is 4.79 Å². The van der Waals surface area contributed by atoms with E-state index in [1.165, 1.54) is 0 Å². The third-order valence-corrected chi connectivity index (χ3v) is 2.71.